The van der Waals surface area contributed by atoms with Gasteiger partial charge in [0.1, 0.15) is 5.82 Å². The minimum Gasteiger partial charge on any atom is -0.478 e. The molecule has 0 aliphatic carbocycles. The Morgan fingerprint density at radius 1 is 0.950 bits per heavy atom. The number of fused-ring (bicyclic) bond motifs is 2. The van der Waals surface area contributed by atoms with Gasteiger partial charge in [-0.3, -0.25) is 14.5 Å². The Kier molecular flexibility index (Phi) is 8.69. The third kappa shape index (κ3) is 6.15. The third-order valence-corrected chi connectivity index (χ3v) is 8.26. The smallest absolute Gasteiger partial charge is 0.240 e. The van der Waals surface area contributed by atoms with Gasteiger partial charge in [-0.15, -0.1) is 0 Å². The van der Waals surface area contributed by atoms with Gasteiger partial charge < -0.3 is 9.64 Å². The van der Waals surface area contributed by atoms with E-state index < -0.39 is 5.41 Å². The first-order chi connectivity index (χ1) is 19.4. The minimum absolute atomic E-state index is 0.174. The van der Waals surface area contributed by atoms with E-state index in [4.69, 9.17) is 4.74 Å². The predicted octanol–water partition coefficient (Wildman–Crippen LogP) is 5.85. The van der Waals surface area contributed by atoms with Crippen LogP contribution in [0.25, 0.3) is 10.8 Å². The number of imide groups is 1. The molecule has 0 bridgehead atoms. The van der Waals surface area contributed by atoms with Crippen LogP contribution < -0.4 is 14.5 Å². The van der Waals surface area contributed by atoms with Gasteiger partial charge in [-0.2, -0.15) is 4.98 Å². The van der Waals surface area contributed by atoms with Crippen LogP contribution in [0.3, 0.4) is 0 Å². The van der Waals surface area contributed by atoms with Crippen LogP contribution >= 0.6 is 0 Å². The van der Waals surface area contributed by atoms with Crippen molar-refractivity contribution in [3.05, 3.63) is 60.2 Å². The summed E-state index contributed by atoms with van der Waals surface area (Å²) in [6, 6.07) is 19.0. The fourth-order valence-corrected chi connectivity index (χ4v) is 5.96. The van der Waals surface area contributed by atoms with Crippen molar-refractivity contribution in [1.29, 1.82) is 0 Å². The number of aryl methyl sites for hydroxylation is 1. The summed E-state index contributed by atoms with van der Waals surface area (Å²) in [4.78, 5) is 37.1. The molecule has 40 heavy (non-hydrogen) atoms. The molecular formula is C33H42N4O3. The maximum absolute atomic E-state index is 13.3. The molecule has 7 nitrogen and oxygen atoms in total. The number of aromatic nitrogens is 1. The van der Waals surface area contributed by atoms with Crippen LogP contribution in [0.2, 0.25) is 0 Å². The van der Waals surface area contributed by atoms with Crippen LogP contribution in [0.15, 0.2) is 54.6 Å². The highest BCUT2D eigenvalue weighted by Gasteiger charge is 2.39. The molecule has 1 aromatic heterocycles. The van der Waals surface area contributed by atoms with Crippen molar-refractivity contribution >= 4 is 34.1 Å². The quantitative estimate of drug-likeness (QED) is 0.300. The lowest BCUT2D eigenvalue weighted by atomic mass is 9.85. The van der Waals surface area contributed by atoms with E-state index in [0.29, 0.717) is 31.1 Å². The first kappa shape index (κ1) is 28.1. The Balaban J connectivity index is 1.10. The van der Waals surface area contributed by atoms with Gasteiger partial charge in [0.2, 0.25) is 17.7 Å². The highest BCUT2D eigenvalue weighted by Crippen LogP contribution is 2.34. The minimum atomic E-state index is -0.613. The van der Waals surface area contributed by atoms with Crippen LogP contribution in [0.5, 0.6) is 5.88 Å². The van der Waals surface area contributed by atoms with E-state index in [-0.39, 0.29) is 11.8 Å². The predicted molar refractivity (Wildman–Crippen MR) is 161 cm³/mol. The van der Waals surface area contributed by atoms with E-state index in [1.807, 2.05) is 26.0 Å². The van der Waals surface area contributed by atoms with Crippen molar-refractivity contribution in [1.82, 2.24) is 9.88 Å². The Bertz CT molecular complexity index is 1340. The van der Waals surface area contributed by atoms with E-state index in [1.165, 1.54) is 21.4 Å². The zero-order valence-electron chi connectivity index (χ0n) is 24.2. The van der Waals surface area contributed by atoms with Crippen molar-refractivity contribution in [3.8, 4) is 5.88 Å². The summed E-state index contributed by atoms with van der Waals surface area (Å²) in [6.45, 7) is 11.7. The van der Waals surface area contributed by atoms with Gasteiger partial charge in [0.15, 0.2) is 0 Å². The summed E-state index contributed by atoms with van der Waals surface area (Å²) in [6.07, 6.45) is 4.51. The molecule has 0 atom stereocenters. The average Bonchev–Trinajstić information content (AvgIpc) is 2.96. The second-order valence-electron chi connectivity index (χ2n) is 11.7. The largest absolute Gasteiger partial charge is 0.478 e. The van der Waals surface area contributed by atoms with Crippen LogP contribution in [0.4, 0.5) is 11.5 Å². The molecule has 7 heteroatoms. The molecular weight excluding hydrogens is 500 g/mol. The molecule has 3 heterocycles. The van der Waals surface area contributed by atoms with E-state index in [1.54, 1.807) is 0 Å². The maximum Gasteiger partial charge on any atom is 0.240 e. The summed E-state index contributed by atoms with van der Waals surface area (Å²) < 4.78 is 5.99. The average molecular weight is 543 g/mol. The molecule has 212 valence electrons. The van der Waals surface area contributed by atoms with Crippen LogP contribution in [-0.2, 0) is 16.0 Å². The van der Waals surface area contributed by atoms with E-state index in [0.717, 1.165) is 64.0 Å². The molecule has 0 radical (unpaired) electrons. The van der Waals surface area contributed by atoms with Gasteiger partial charge in [0.05, 0.1) is 6.61 Å². The topological polar surface area (TPSA) is 66.0 Å². The fraction of sp³-hybridized carbons (Fsp3) is 0.485. The molecule has 2 aromatic carbocycles. The second-order valence-corrected chi connectivity index (χ2v) is 11.7. The number of carbonyl (C=O) groups is 2. The molecule has 1 saturated heterocycles. The molecule has 5 rings (SSSR count). The van der Waals surface area contributed by atoms with Crippen LogP contribution in [-0.4, -0.2) is 61.0 Å². The summed E-state index contributed by atoms with van der Waals surface area (Å²) in [7, 11) is 0. The highest BCUT2D eigenvalue weighted by atomic mass is 16.5. The number of piperazine rings is 1. The molecule has 2 aliphatic rings. The van der Waals surface area contributed by atoms with Gasteiger partial charge in [-0.1, -0.05) is 63.6 Å². The van der Waals surface area contributed by atoms with Gasteiger partial charge >= 0.3 is 0 Å². The Morgan fingerprint density at radius 3 is 2.52 bits per heavy atom. The zero-order valence-corrected chi connectivity index (χ0v) is 24.2. The SMILES string of the molecule is CCCC(C)(C)C(=O)N1C(=O)CCc2ccc(OCCCCN3CCN(c4cccc5ccccc45)CC3)nc21. The molecule has 2 aliphatic heterocycles. The summed E-state index contributed by atoms with van der Waals surface area (Å²) >= 11 is 0. The normalized spacial score (nSPS) is 16.3. The van der Waals surface area contributed by atoms with Crippen LogP contribution in [0, 0.1) is 5.41 Å². The number of nitrogens with zero attached hydrogens (tertiary/aromatic N) is 4. The van der Waals surface area contributed by atoms with E-state index in [2.05, 4.69) is 64.2 Å². The number of rotatable bonds is 10. The lowest BCUT2D eigenvalue weighted by molar-refractivity contribution is -0.132. The fourth-order valence-electron chi connectivity index (χ4n) is 5.96. The van der Waals surface area contributed by atoms with Gasteiger partial charge in [0.25, 0.3) is 0 Å². The molecule has 0 N–H and O–H groups in total. The number of unbranched alkanes of at least 4 members (excludes halogenated alkanes) is 1. The zero-order chi connectivity index (χ0) is 28.1. The summed E-state index contributed by atoms with van der Waals surface area (Å²) in [5.41, 5.74) is 1.65. The number of anilines is 2. The van der Waals surface area contributed by atoms with E-state index >= 15 is 0 Å². The van der Waals surface area contributed by atoms with Gasteiger partial charge in [-0.25, -0.2) is 4.90 Å². The number of pyridine rings is 1. The first-order valence-corrected chi connectivity index (χ1v) is 14.8. The number of carbonyl (C=O) groups excluding carboxylic acids is 2. The van der Waals surface area contributed by atoms with Crippen molar-refractivity contribution in [2.45, 2.75) is 59.3 Å². The molecule has 0 spiro atoms. The standard InChI is InChI=1S/C33H42N4O3/c1-4-18-33(2,3)32(39)37-30(38)17-15-26-14-16-29(34-31(26)37)40-24-8-7-19-35-20-22-36(23-21-35)28-13-9-11-25-10-5-6-12-27(25)28/h5-6,9-14,16H,4,7-8,15,17-24H2,1-3H3. The highest BCUT2D eigenvalue weighted by molar-refractivity contribution is 6.17. The van der Waals surface area contributed by atoms with Crippen molar-refractivity contribution in [2.24, 2.45) is 5.41 Å². The van der Waals surface area contributed by atoms with Gasteiger partial charge in [0, 0.05) is 55.2 Å². The Labute approximate surface area is 238 Å². The summed E-state index contributed by atoms with van der Waals surface area (Å²) in [5.74, 6) is 0.576. The lowest BCUT2D eigenvalue weighted by Crippen LogP contribution is -2.47. The third-order valence-electron chi connectivity index (χ3n) is 8.26. The van der Waals surface area contributed by atoms with Gasteiger partial charge in [-0.05, 0) is 55.3 Å². The number of ether oxygens (including phenoxy) is 1. The van der Waals surface area contributed by atoms with E-state index in [9.17, 15) is 9.59 Å². The first-order valence-electron chi connectivity index (χ1n) is 14.8. The van der Waals surface area contributed by atoms with Crippen molar-refractivity contribution in [2.75, 3.05) is 49.1 Å². The maximum atomic E-state index is 13.3. The molecule has 0 saturated carbocycles. The second kappa shape index (κ2) is 12.4. The Morgan fingerprint density at radius 2 is 1.73 bits per heavy atom. The summed E-state index contributed by atoms with van der Waals surface area (Å²) in [5, 5.41) is 2.62. The van der Waals surface area contributed by atoms with Crippen molar-refractivity contribution in [3.63, 3.8) is 0 Å². The number of hydrogen-bond acceptors (Lipinski definition) is 6. The number of amides is 2. The monoisotopic (exact) mass is 542 g/mol. The Hall–Kier alpha value is -3.45. The lowest BCUT2D eigenvalue weighted by Gasteiger charge is -2.36. The van der Waals surface area contributed by atoms with Crippen LogP contribution in [0.1, 0.15) is 58.4 Å². The van der Waals surface area contributed by atoms with Crippen molar-refractivity contribution < 1.29 is 14.3 Å². The molecule has 3 aromatic rings. The number of benzene rings is 2. The number of hydrogen-bond donors (Lipinski definition) is 0. The molecule has 1 fully saturated rings. The molecule has 0 unspecified atom stereocenters. The molecule has 2 amide bonds.